The third kappa shape index (κ3) is 2.57. The lowest BCUT2D eigenvalue weighted by Gasteiger charge is -2.53. The van der Waals surface area contributed by atoms with Crippen molar-refractivity contribution in [1.29, 1.82) is 0 Å². The van der Waals surface area contributed by atoms with Crippen molar-refractivity contribution in [2.24, 2.45) is 29.6 Å². The third-order valence-electron chi connectivity index (χ3n) is 7.65. The van der Waals surface area contributed by atoms with Gasteiger partial charge in [-0.3, -0.25) is 4.79 Å². The summed E-state index contributed by atoms with van der Waals surface area (Å²) < 4.78 is 18.8. The van der Waals surface area contributed by atoms with E-state index in [9.17, 15) is 9.59 Å². The number of fused-ring (bicyclic) bond motifs is 8. The highest BCUT2D eigenvalue weighted by Crippen LogP contribution is 2.61. The predicted octanol–water partition coefficient (Wildman–Crippen LogP) is 5.18. The molecule has 0 unspecified atom stereocenters. The molecule has 2 aromatic rings. The molecule has 1 saturated heterocycles. The summed E-state index contributed by atoms with van der Waals surface area (Å²) >= 11 is 0. The lowest BCUT2D eigenvalue weighted by atomic mass is 9.68. The fraction of sp³-hybridized carbons (Fsp3) is 0.600. The van der Waals surface area contributed by atoms with Gasteiger partial charge in [-0.05, 0) is 48.6 Å². The average molecular weight is 411 g/mol. The molecule has 5 nitrogen and oxygen atoms in total. The molecule has 1 aromatic carbocycles. The van der Waals surface area contributed by atoms with Crippen molar-refractivity contribution in [3.05, 3.63) is 39.7 Å². The van der Waals surface area contributed by atoms with E-state index in [1.165, 1.54) is 0 Å². The second-order valence-corrected chi connectivity index (χ2v) is 9.99. The molecule has 5 heteroatoms. The smallest absolute Gasteiger partial charge is 0.345 e. The molecule has 1 aliphatic carbocycles. The number of aryl methyl sites for hydroxylation is 1. The van der Waals surface area contributed by atoms with Crippen molar-refractivity contribution in [3.63, 3.8) is 0 Å². The molecule has 5 rings (SSSR count). The van der Waals surface area contributed by atoms with E-state index in [2.05, 4.69) is 13.8 Å². The van der Waals surface area contributed by atoms with Crippen LogP contribution >= 0.6 is 0 Å². The van der Waals surface area contributed by atoms with E-state index in [1.807, 2.05) is 32.9 Å². The van der Waals surface area contributed by atoms with Crippen LogP contribution in [0.15, 0.2) is 27.4 Å². The Morgan fingerprint density at radius 3 is 2.73 bits per heavy atom. The van der Waals surface area contributed by atoms with Crippen LogP contribution in [0, 0.1) is 36.5 Å². The van der Waals surface area contributed by atoms with Gasteiger partial charge < -0.3 is 13.9 Å². The Morgan fingerprint density at radius 2 is 2.00 bits per heavy atom. The molecule has 2 fully saturated rings. The average Bonchev–Trinajstić information content (AvgIpc) is 3.07. The molecular weight excluding hydrogens is 380 g/mol. The molecule has 0 spiro atoms. The zero-order chi connectivity index (χ0) is 21.4. The molecule has 0 amide bonds. The van der Waals surface area contributed by atoms with Crippen molar-refractivity contribution >= 4 is 16.8 Å². The number of benzene rings is 1. The molecule has 30 heavy (non-hydrogen) atoms. The number of rotatable bonds is 3. The molecule has 3 aliphatic rings. The van der Waals surface area contributed by atoms with Gasteiger partial charge in [-0.25, -0.2) is 4.79 Å². The Kier molecular flexibility index (Phi) is 4.41. The second kappa shape index (κ2) is 6.68. The third-order valence-corrected chi connectivity index (χ3v) is 7.65. The summed E-state index contributed by atoms with van der Waals surface area (Å²) in [5, 5.41) is 0.776. The summed E-state index contributed by atoms with van der Waals surface area (Å²) in [6, 6.07) is 5.63. The van der Waals surface area contributed by atoms with Crippen LogP contribution < -0.4 is 10.4 Å². The van der Waals surface area contributed by atoms with Gasteiger partial charge in [-0.1, -0.05) is 46.2 Å². The highest BCUT2D eigenvalue weighted by atomic mass is 16.7. The quantitative estimate of drug-likeness (QED) is 0.653. The number of hydrogen-bond acceptors (Lipinski definition) is 5. The van der Waals surface area contributed by atoms with Gasteiger partial charge in [0.25, 0.3) is 5.79 Å². The first-order valence-corrected chi connectivity index (χ1v) is 11.2. The van der Waals surface area contributed by atoms with Crippen molar-refractivity contribution in [2.45, 2.75) is 65.8 Å². The molecular formula is C25H30O5. The Balaban J connectivity index is 1.80. The number of carbonyl (C=O) groups is 1. The Bertz CT molecular complexity index is 1080. The van der Waals surface area contributed by atoms with Gasteiger partial charge in [0, 0.05) is 12.3 Å². The zero-order valence-corrected chi connectivity index (χ0v) is 18.4. The molecule has 0 radical (unpaired) electrons. The van der Waals surface area contributed by atoms with Crippen LogP contribution in [-0.4, -0.2) is 11.6 Å². The van der Waals surface area contributed by atoms with Crippen LogP contribution in [0.5, 0.6) is 5.75 Å². The van der Waals surface area contributed by atoms with Crippen molar-refractivity contribution in [3.8, 4) is 5.75 Å². The maximum Gasteiger partial charge on any atom is 0.345 e. The van der Waals surface area contributed by atoms with Crippen molar-refractivity contribution < 1.29 is 18.7 Å². The standard InChI is InChI=1S/C25H30O5/c1-12(2)11-18(26)25-15(5)16-10-9-14(4)19(16)22(29-25)21-23(30-25)20-13(3)7-6-8-17(20)28-24(21)27/h6-8,12,14-16,19,22H,9-11H2,1-5H3/t14-,15+,16+,19+,22-,25+/m0/s1. The minimum atomic E-state index is -1.34. The van der Waals surface area contributed by atoms with Gasteiger partial charge in [-0.2, -0.15) is 0 Å². The van der Waals surface area contributed by atoms with E-state index in [0.717, 1.165) is 23.8 Å². The van der Waals surface area contributed by atoms with Crippen molar-refractivity contribution in [2.75, 3.05) is 0 Å². The van der Waals surface area contributed by atoms with Gasteiger partial charge in [0.15, 0.2) is 0 Å². The van der Waals surface area contributed by atoms with Crippen LogP contribution in [0.25, 0.3) is 11.0 Å². The van der Waals surface area contributed by atoms with E-state index in [4.69, 9.17) is 13.9 Å². The van der Waals surface area contributed by atoms with Gasteiger partial charge in [-0.15, -0.1) is 0 Å². The second-order valence-electron chi connectivity index (χ2n) is 9.99. The lowest BCUT2D eigenvalue weighted by Crippen LogP contribution is -2.62. The van der Waals surface area contributed by atoms with Crippen molar-refractivity contribution in [1.82, 2.24) is 0 Å². The van der Waals surface area contributed by atoms with Crippen LogP contribution in [0.3, 0.4) is 0 Å². The molecule has 3 heterocycles. The van der Waals surface area contributed by atoms with Crippen LogP contribution in [-0.2, 0) is 9.53 Å². The number of ether oxygens (including phenoxy) is 2. The summed E-state index contributed by atoms with van der Waals surface area (Å²) in [6.07, 6.45) is 2.02. The fourth-order valence-corrected chi connectivity index (χ4v) is 6.18. The zero-order valence-electron chi connectivity index (χ0n) is 18.4. The van der Waals surface area contributed by atoms with E-state index in [0.29, 0.717) is 29.2 Å². The predicted molar refractivity (Wildman–Crippen MR) is 113 cm³/mol. The lowest BCUT2D eigenvalue weighted by molar-refractivity contribution is -0.293. The fourth-order valence-electron chi connectivity index (χ4n) is 6.18. The molecule has 6 atom stereocenters. The largest absolute Gasteiger partial charge is 0.453 e. The first-order chi connectivity index (χ1) is 14.2. The number of carbonyl (C=O) groups excluding carboxylic acids is 1. The van der Waals surface area contributed by atoms with E-state index in [1.54, 1.807) is 6.07 Å². The Hall–Kier alpha value is -2.14. The SMILES string of the molecule is Cc1cccc2oc(=O)c3c(c12)O[C@]1(C(=O)CC(C)C)O[C@H]3[C@H]2[C@H](CC[C@@H]2C)[C@H]1C. The molecule has 2 aliphatic heterocycles. The molecule has 1 aromatic heterocycles. The first-order valence-electron chi connectivity index (χ1n) is 11.2. The van der Waals surface area contributed by atoms with Gasteiger partial charge >= 0.3 is 5.63 Å². The van der Waals surface area contributed by atoms with Crippen LogP contribution in [0.1, 0.15) is 64.2 Å². The van der Waals surface area contributed by atoms with Crippen LogP contribution in [0.4, 0.5) is 0 Å². The summed E-state index contributed by atoms with van der Waals surface area (Å²) in [6.45, 7) is 10.4. The normalized spacial score (nSPS) is 34.5. The van der Waals surface area contributed by atoms with Crippen LogP contribution in [0.2, 0.25) is 0 Å². The molecule has 160 valence electrons. The van der Waals surface area contributed by atoms with E-state index >= 15 is 0 Å². The summed E-state index contributed by atoms with van der Waals surface area (Å²) in [4.78, 5) is 26.7. The number of Topliss-reactive ketones (excluding diaryl/α,β-unsaturated/α-hetero) is 1. The molecule has 1 saturated carbocycles. The number of hydrogen-bond donors (Lipinski definition) is 0. The van der Waals surface area contributed by atoms with E-state index in [-0.39, 0.29) is 29.5 Å². The van der Waals surface area contributed by atoms with E-state index < -0.39 is 17.5 Å². The summed E-state index contributed by atoms with van der Waals surface area (Å²) in [7, 11) is 0. The van der Waals surface area contributed by atoms with Gasteiger partial charge in [0.2, 0.25) is 5.78 Å². The van der Waals surface area contributed by atoms with Gasteiger partial charge in [0.05, 0.1) is 5.39 Å². The first kappa shape index (κ1) is 19.8. The topological polar surface area (TPSA) is 65.7 Å². The molecule has 2 bridgehead atoms. The maximum absolute atomic E-state index is 13.6. The monoisotopic (exact) mass is 410 g/mol. The maximum atomic E-state index is 13.6. The minimum Gasteiger partial charge on any atom is -0.453 e. The highest BCUT2D eigenvalue weighted by Gasteiger charge is 2.64. The molecule has 0 N–H and O–H groups in total. The highest BCUT2D eigenvalue weighted by molar-refractivity contribution is 5.91. The van der Waals surface area contributed by atoms with Gasteiger partial charge in [0.1, 0.15) is 23.0 Å². The Morgan fingerprint density at radius 1 is 1.23 bits per heavy atom. The minimum absolute atomic E-state index is 0.0198. The number of ketones is 1. The summed E-state index contributed by atoms with van der Waals surface area (Å²) in [5.41, 5.74) is 1.50. The Labute approximate surface area is 176 Å². The summed E-state index contributed by atoms with van der Waals surface area (Å²) in [5.74, 6) is 0.155.